The van der Waals surface area contributed by atoms with Crippen LogP contribution in [0.2, 0.25) is 0 Å². The van der Waals surface area contributed by atoms with Crippen LogP contribution >= 0.6 is 27.3 Å². The van der Waals surface area contributed by atoms with Crippen LogP contribution in [0.1, 0.15) is 16.1 Å². The molecule has 0 aliphatic carbocycles. The van der Waals surface area contributed by atoms with Gasteiger partial charge in [0, 0.05) is 4.47 Å². The standard InChI is InChI=1S/C11H9BrFN3O3S2/c1-5-10(21(14,18)19)20-11(15-5)16-9(17)7-4-6(13)2-3-8(7)12/h2-4H,1H3,(H2,14,18,19)(H,15,16,17). The number of thiazole rings is 1. The summed E-state index contributed by atoms with van der Waals surface area (Å²) in [5.74, 6) is -1.18. The SMILES string of the molecule is Cc1nc(NC(=O)c2cc(F)ccc2Br)sc1S(N)(=O)=O. The average molecular weight is 394 g/mol. The molecule has 1 aromatic heterocycles. The number of nitrogens with zero attached hydrogens (tertiary/aromatic N) is 1. The summed E-state index contributed by atoms with van der Waals surface area (Å²) in [5.41, 5.74) is 0.260. The Morgan fingerprint density at radius 3 is 2.71 bits per heavy atom. The van der Waals surface area contributed by atoms with E-state index in [1.54, 1.807) is 0 Å². The van der Waals surface area contributed by atoms with Crippen LogP contribution in [0, 0.1) is 12.7 Å². The molecule has 0 aliphatic heterocycles. The number of nitrogens with one attached hydrogen (secondary N) is 1. The number of sulfonamides is 1. The number of hydrogen-bond acceptors (Lipinski definition) is 5. The predicted octanol–water partition coefficient (Wildman–Crippen LogP) is 2.25. The summed E-state index contributed by atoms with van der Waals surface area (Å²) in [4.78, 5) is 15.9. The molecular formula is C11H9BrFN3O3S2. The van der Waals surface area contributed by atoms with Crippen LogP contribution in [0.25, 0.3) is 0 Å². The molecule has 0 aliphatic rings. The molecule has 0 radical (unpaired) electrons. The Bertz CT molecular complexity index is 820. The normalized spacial score (nSPS) is 11.4. The van der Waals surface area contributed by atoms with Gasteiger partial charge in [-0.15, -0.1) is 0 Å². The van der Waals surface area contributed by atoms with Crippen molar-refractivity contribution in [3.8, 4) is 0 Å². The Labute approximate surface area is 132 Å². The van der Waals surface area contributed by atoms with E-state index in [0.717, 1.165) is 17.4 Å². The minimum absolute atomic E-state index is 0.0673. The zero-order chi connectivity index (χ0) is 15.8. The van der Waals surface area contributed by atoms with Crippen molar-refractivity contribution in [2.45, 2.75) is 11.1 Å². The van der Waals surface area contributed by atoms with Gasteiger partial charge in [-0.05, 0) is 41.1 Å². The van der Waals surface area contributed by atoms with E-state index in [2.05, 4.69) is 26.2 Å². The maximum Gasteiger partial charge on any atom is 0.258 e. The molecule has 0 spiro atoms. The Kier molecular flexibility index (Phi) is 4.42. The van der Waals surface area contributed by atoms with Crippen molar-refractivity contribution < 1.29 is 17.6 Å². The zero-order valence-corrected chi connectivity index (χ0v) is 13.8. The highest BCUT2D eigenvalue weighted by atomic mass is 79.9. The van der Waals surface area contributed by atoms with Gasteiger partial charge in [0.1, 0.15) is 5.82 Å². The summed E-state index contributed by atoms with van der Waals surface area (Å²) in [6.45, 7) is 1.46. The number of carbonyl (C=O) groups excluding carboxylic acids is 1. The highest BCUT2D eigenvalue weighted by Gasteiger charge is 2.20. The minimum atomic E-state index is -3.89. The first-order valence-electron chi connectivity index (χ1n) is 5.45. The van der Waals surface area contributed by atoms with Crippen molar-refractivity contribution in [2.24, 2.45) is 5.14 Å². The second-order valence-electron chi connectivity index (χ2n) is 4.02. The molecule has 2 aromatic rings. The third kappa shape index (κ3) is 3.64. The number of carbonyl (C=O) groups is 1. The zero-order valence-electron chi connectivity index (χ0n) is 10.6. The fourth-order valence-corrected chi connectivity index (χ4v) is 3.82. The van der Waals surface area contributed by atoms with Gasteiger partial charge < -0.3 is 0 Å². The first-order valence-corrected chi connectivity index (χ1v) is 8.60. The van der Waals surface area contributed by atoms with E-state index in [-0.39, 0.29) is 20.6 Å². The van der Waals surface area contributed by atoms with Crippen LogP contribution in [-0.2, 0) is 10.0 Å². The molecule has 1 aromatic carbocycles. The van der Waals surface area contributed by atoms with E-state index < -0.39 is 21.7 Å². The van der Waals surface area contributed by atoms with Crippen LogP contribution in [-0.4, -0.2) is 19.3 Å². The molecule has 21 heavy (non-hydrogen) atoms. The van der Waals surface area contributed by atoms with Gasteiger partial charge in [0.15, 0.2) is 9.34 Å². The molecule has 3 N–H and O–H groups in total. The molecule has 10 heteroatoms. The third-order valence-electron chi connectivity index (χ3n) is 2.41. The lowest BCUT2D eigenvalue weighted by Crippen LogP contribution is -2.12. The van der Waals surface area contributed by atoms with Crippen molar-refractivity contribution >= 4 is 48.3 Å². The predicted molar refractivity (Wildman–Crippen MR) is 80.3 cm³/mol. The molecule has 6 nitrogen and oxygen atoms in total. The first kappa shape index (κ1) is 16.0. The van der Waals surface area contributed by atoms with Crippen LogP contribution in [0.4, 0.5) is 9.52 Å². The molecule has 0 saturated heterocycles. The lowest BCUT2D eigenvalue weighted by Gasteiger charge is -2.04. The number of halogens is 2. The fraction of sp³-hybridized carbons (Fsp3) is 0.0909. The van der Waals surface area contributed by atoms with Crippen molar-refractivity contribution in [1.82, 2.24) is 4.98 Å². The monoisotopic (exact) mass is 393 g/mol. The second-order valence-corrected chi connectivity index (χ2v) is 7.63. The number of nitrogens with two attached hydrogens (primary N) is 1. The van der Waals surface area contributed by atoms with Crippen molar-refractivity contribution in [2.75, 3.05) is 5.32 Å². The maximum atomic E-state index is 13.2. The van der Waals surface area contributed by atoms with Crippen LogP contribution < -0.4 is 10.5 Å². The average Bonchev–Trinajstić information content (AvgIpc) is 2.73. The van der Waals surface area contributed by atoms with Crippen molar-refractivity contribution in [3.63, 3.8) is 0 Å². The number of anilines is 1. The molecule has 112 valence electrons. The number of primary sulfonamides is 1. The van der Waals surface area contributed by atoms with Crippen LogP contribution in [0.3, 0.4) is 0 Å². The topological polar surface area (TPSA) is 102 Å². The minimum Gasteiger partial charge on any atom is -0.298 e. The number of amides is 1. The van der Waals surface area contributed by atoms with Crippen LogP contribution in [0.5, 0.6) is 0 Å². The molecule has 0 bridgehead atoms. The fourth-order valence-electron chi connectivity index (χ4n) is 1.54. The number of aromatic nitrogens is 1. The Morgan fingerprint density at radius 1 is 1.48 bits per heavy atom. The lowest BCUT2D eigenvalue weighted by molar-refractivity contribution is 0.102. The molecule has 2 rings (SSSR count). The smallest absolute Gasteiger partial charge is 0.258 e. The second kappa shape index (κ2) is 5.79. The Hall–Kier alpha value is -1.36. The summed E-state index contributed by atoms with van der Waals surface area (Å²) in [5, 5.41) is 7.51. The van der Waals surface area contributed by atoms with Gasteiger partial charge in [-0.1, -0.05) is 11.3 Å². The Balaban J connectivity index is 2.30. The van der Waals surface area contributed by atoms with Gasteiger partial charge in [0.2, 0.25) is 10.0 Å². The highest BCUT2D eigenvalue weighted by molar-refractivity contribution is 9.10. The maximum absolute atomic E-state index is 13.2. The number of rotatable bonds is 3. The van der Waals surface area contributed by atoms with E-state index in [1.807, 2.05) is 0 Å². The summed E-state index contributed by atoms with van der Waals surface area (Å²) < 4.78 is 36.0. The molecular weight excluding hydrogens is 385 g/mol. The van der Waals surface area contributed by atoms with E-state index in [9.17, 15) is 17.6 Å². The molecule has 0 atom stereocenters. The molecule has 0 saturated carbocycles. The van der Waals surface area contributed by atoms with E-state index in [0.29, 0.717) is 4.47 Å². The quantitative estimate of drug-likeness (QED) is 0.834. The number of hydrogen-bond donors (Lipinski definition) is 2. The van der Waals surface area contributed by atoms with E-state index >= 15 is 0 Å². The summed E-state index contributed by atoms with van der Waals surface area (Å²) in [6.07, 6.45) is 0. The summed E-state index contributed by atoms with van der Waals surface area (Å²) >= 11 is 3.87. The Morgan fingerprint density at radius 2 is 2.14 bits per heavy atom. The lowest BCUT2D eigenvalue weighted by atomic mass is 10.2. The van der Waals surface area contributed by atoms with Gasteiger partial charge in [0.25, 0.3) is 5.91 Å². The molecule has 1 heterocycles. The van der Waals surface area contributed by atoms with Gasteiger partial charge in [-0.2, -0.15) is 0 Å². The van der Waals surface area contributed by atoms with Gasteiger partial charge in [-0.3, -0.25) is 10.1 Å². The molecule has 1 amide bonds. The van der Waals surface area contributed by atoms with Gasteiger partial charge >= 0.3 is 0 Å². The van der Waals surface area contributed by atoms with Gasteiger partial charge in [0.05, 0.1) is 11.3 Å². The van der Waals surface area contributed by atoms with E-state index in [1.165, 1.54) is 19.1 Å². The molecule has 0 fully saturated rings. The number of benzene rings is 1. The van der Waals surface area contributed by atoms with Crippen molar-refractivity contribution in [3.05, 3.63) is 39.7 Å². The summed E-state index contributed by atoms with van der Waals surface area (Å²) in [7, 11) is -3.89. The summed E-state index contributed by atoms with van der Waals surface area (Å²) in [6, 6.07) is 3.65. The molecule has 0 unspecified atom stereocenters. The van der Waals surface area contributed by atoms with Crippen molar-refractivity contribution in [1.29, 1.82) is 0 Å². The van der Waals surface area contributed by atoms with E-state index in [4.69, 9.17) is 5.14 Å². The van der Waals surface area contributed by atoms with Gasteiger partial charge in [-0.25, -0.2) is 22.9 Å². The third-order valence-corrected chi connectivity index (χ3v) is 5.72. The van der Waals surface area contributed by atoms with Crippen LogP contribution in [0.15, 0.2) is 26.9 Å². The number of aryl methyl sites for hydroxylation is 1. The highest BCUT2D eigenvalue weighted by Crippen LogP contribution is 2.27. The first-order chi connectivity index (χ1) is 9.68. The largest absolute Gasteiger partial charge is 0.298 e.